The number of H-pyrrole nitrogens is 1. The molecule has 118 valence electrons. The van der Waals surface area contributed by atoms with E-state index in [9.17, 15) is 0 Å². The van der Waals surface area contributed by atoms with E-state index in [2.05, 4.69) is 26.9 Å². The molecule has 0 saturated heterocycles. The average Bonchev–Trinajstić information content (AvgIpc) is 3.09. The fourth-order valence-corrected chi connectivity index (χ4v) is 3.73. The topological polar surface area (TPSA) is 72.5 Å². The normalized spacial score (nSPS) is 24.0. The molecule has 0 unspecified atom stereocenters. The van der Waals surface area contributed by atoms with Gasteiger partial charge in [0.2, 0.25) is 0 Å². The number of nitrogens with one attached hydrogen (secondary N) is 1. The molecule has 0 spiro atoms. The SMILES string of the molecule is NCC1CC(n2cc(-c3nccc4cc[nH]c34)c(C3CC3)n2)C1. The van der Waals surface area contributed by atoms with Gasteiger partial charge < -0.3 is 10.7 Å². The zero-order valence-corrected chi connectivity index (χ0v) is 13.1. The van der Waals surface area contributed by atoms with Gasteiger partial charge in [-0.1, -0.05) is 0 Å². The molecular formula is C18H21N5. The Hall–Kier alpha value is -2.14. The molecule has 3 aromatic rings. The second kappa shape index (κ2) is 4.93. The van der Waals surface area contributed by atoms with Gasteiger partial charge in [0.05, 0.1) is 22.9 Å². The van der Waals surface area contributed by atoms with Crippen molar-refractivity contribution in [2.45, 2.75) is 37.6 Å². The summed E-state index contributed by atoms with van der Waals surface area (Å²) in [7, 11) is 0. The lowest BCUT2D eigenvalue weighted by Crippen LogP contribution is -2.32. The molecule has 5 heteroatoms. The third-order valence-corrected chi connectivity index (χ3v) is 5.37. The molecular weight excluding hydrogens is 286 g/mol. The predicted molar refractivity (Wildman–Crippen MR) is 90.1 cm³/mol. The van der Waals surface area contributed by atoms with Crippen LogP contribution < -0.4 is 5.73 Å². The van der Waals surface area contributed by atoms with E-state index in [1.165, 1.54) is 29.5 Å². The molecule has 5 nitrogen and oxygen atoms in total. The van der Waals surface area contributed by atoms with Crippen molar-refractivity contribution in [2.24, 2.45) is 11.7 Å². The van der Waals surface area contributed by atoms with E-state index in [0.29, 0.717) is 17.9 Å². The zero-order chi connectivity index (χ0) is 15.4. The minimum absolute atomic E-state index is 0.512. The largest absolute Gasteiger partial charge is 0.359 e. The third kappa shape index (κ3) is 2.10. The maximum atomic E-state index is 5.77. The van der Waals surface area contributed by atoms with Gasteiger partial charge in [-0.05, 0) is 50.3 Å². The molecule has 2 aliphatic carbocycles. The Kier molecular flexibility index (Phi) is 2.85. The summed E-state index contributed by atoms with van der Waals surface area (Å²) >= 11 is 0. The maximum absolute atomic E-state index is 5.77. The first-order chi connectivity index (χ1) is 11.3. The van der Waals surface area contributed by atoms with Crippen LogP contribution in [0.3, 0.4) is 0 Å². The van der Waals surface area contributed by atoms with Crippen molar-refractivity contribution >= 4 is 10.9 Å². The Morgan fingerprint density at radius 2 is 2.13 bits per heavy atom. The summed E-state index contributed by atoms with van der Waals surface area (Å²) in [4.78, 5) is 8.00. The van der Waals surface area contributed by atoms with Crippen LogP contribution in [-0.2, 0) is 0 Å². The van der Waals surface area contributed by atoms with Crippen molar-refractivity contribution in [3.63, 3.8) is 0 Å². The standard InChI is InChI=1S/C18H21N5/c19-9-11-7-14(8-11)23-10-15(16(22-23)12-1-2-12)18-17-13(3-5-20-17)4-6-21-18/h3-6,10-12,14,20H,1-2,7-9,19H2. The molecule has 0 bridgehead atoms. The first-order valence-corrected chi connectivity index (χ1v) is 8.55. The van der Waals surface area contributed by atoms with Crippen LogP contribution in [0.5, 0.6) is 0 Å². The van der Waals surface area contributed by atoms with Crippen molar-refractivity contribution in [2.75, 3.05) is 6.54 Å². The van der Waals surface area contributed by atoms with E-state index in [-0.39, 0.29) is 0 Å². The molecule has 3 heterocycles. The Morgan fingerprint density at radius 1 is 1.26 bits per heavy atom. The van der Waals surface area contributed by atoms with Crippen molar-refractivity contribution in [1.82, 2.24) is 19.7 Å². The van der Waals surface area contributed by atoms with Crippen molar-refractivity contribution in [3.05, 3.63) is 36.4 Å². The monoisotopic (exact) mass is 307 g/mol. The quantitative estimate of drug-likeness (QED) is 0.777. The summed E-state index contributed by atoms with van der Waals surface area (Å²) in [6.45, 7) is 0.795. The molecule has 2 saturated carbocycles. The van der Waals surface area contributed by atoms with Crippen LogP contribution in [0.2, 0.25) is 0 Å². The minimum Gasteiger partial charge on any atom is -0.359 e. The minimum atomic E-state index is 0.512. The van der Waals surface area contributed by atoms with Crippen molar-refractivity contribution in [1.29, 1.82) is 0 Å². The van der Waals surface area contributed by atoms with Gasteiger partial charge in [-0.25, -0.2) is 0 Å². The zero-order valence-electron chi connectivity index (χ0n) is 13.1. The smallest absolute Gasteiger partial charge is 0.0977 e. The van der Waals surface area contributed by atoms with Gasteiger partial charge in [-0.15, -0.1) is 0 Å². The van der Waals surface area contributed by atoms with Crippen LogP contribution in [0, 0.1) is 5.92 Å². The van der Waals surface area contributed by atoms with Gasteiger partial charge in [0.15, 0.2) is 0 Å². The molecule has 0 aromatic carbocycles. The van der Waals surface area contributed by atoms with Gasteiger partial charge in [0, 0.05) is 35.5 Å². The molecule has 2 aliphatic rings. The molecule has 0 radical (unpaired) electrons. The molecule has 0 aliphatic heterocycles. The molecule has 2 fully saturated rings. The second-order valence-corrected chi connectivity index (χ2v) is 7.01. The predicted octanol–water partition coefficient (Wildman–Crippen LogP) is 3.21. The summed E-state index contributed by atoms with van der Waals surface area (Å²) in [5, 5.41) is 6.16. The number of aromatic amines is 1. The first-order valence-electron chi connectivity index (χ1n) is 8.55. The van der Waals surface area contributed by atoms with Gasteiger partial charge in [0.25, 0.3) is 0 Å². The van der Waals surface area contributed by atoms with E-state index in [4.69, 9.17) is 10.8 Å². The second-order valence-electron chi connectivity index (χ2n) is 7.01. The Labute approximate surface area is 134 Å². The third-order valence-electron chi connectivity index (χ3n) is 5.37. The van der Waals surface area contributed by atoms with Gasteiger partial charge in [-0.3, -0.25) is 9.67 Å². The summed E-state index contributed by atoms with van der Waals surface area (Å²) in [6, 6.07) is 4.66. The van der Waals surface area contributed by atoms with E-state index >= 15 is 0 Å². The summed E-state index contributed by atoms with van der Waals surface area (Å²) in [6.07, 6.45) is 10.9. The number of nitrogens with zero attached hydrogens (tertiary/aromatic N) is 3. The highest BCUT2D eigenvalue weighted by atomic mass is 15.3. The van der Waals surface area contributed by atoms with Crippen LogP contribution in [0.4, 0.5) is 0 Å². The number of fused-ring (bicyclic) bond motifs is 1. The number of rotatable bonds is 4. The Bertz CT molecular complexity index is 851. The fourth-order valence-electron chi connectivity index (χ4n) is 3.73. The average molecular weight is 307 g/mol. The highest BCUT2D eigenvalue weighted by molar-refractivity contribution is 5.92. The number of pyridine rings is 1. The van der Waals surface area contributed by atoms with E-state index in [0.717, 1.165) is 30.6 Å². The van der Waals surface area contributed by atoms with Crippen LogP contribution in [0.15, 0.2) is 30.7 Å². The van der Waals surface area contributed by atoms with E-state index in [1.807, 2.05) is 18.5 Å². The number of hydrogen-bond acceptors (Lipinski definition) is 3. The highest BCUT2D eigenvalue weighted by Crippen LogP contribution is 2.46. The Balaban J connectivity index is 1.59. The summed E-state index contributed by atoms with van der Waals surface area (Å²) in [5.74, 6) is 1.28. The van der Waals surface area contributed by atoms with Crippen LogP contribution in [-0.4, -0.2) is 26.3 Å². The van der Waals surface area contributed by atoms with Crippen LogP contribution >= 0.6 is 0 Å². The van der Waals surface area contributed by atoms with Crippen LogP contribution in [0.25, 0.3) is 22.2 Å². The lowest BCUT2D eigenvalue weighted by Gasteiger charge is -2.34. The Morgan fingerprint density at radius 3 is 2.91 bits per heavy atom. The van der Waals surface area contributed by atoms with Crippen molar-refractivity contribution in [3.8, 4) is 11.3 Å². The lowest BCUT2D eigenvalue weighted by atomic mass is 9.80. The lowest BCUT2D eigenvalue weighted by molar-refractivity contribution is 0.189. The van der Waals surface area contributed by atoms with Gasteiger partial charge in [-0.2, -0.15) is 5.10 Å². The summed E-state index contributed by atoms with van der Waals surface area (Å²) < 4.78 is 2.18. The van der Waals surface area contributed by atoms with Crippen LogP contribution in [0.1, 0.15) is 43.3 Å². The van der Waals surface area contributed by atoms with Gasteiger partial charge in [0.1, 0.15) is 0 Å². The maximum Gasteiger partial charge on any atom is 0.0977 e. The van der Waals surface area contributed by atoms with Gasteiger partial charge >= 0.3 is 0 Å². The molecule has 3 N–H and O–H groups in total. The molecule has 0 amide bonds. The molecule has 0 atom stereocenters. The highest BCUT2D eigenvalue weighted by Gasteiger charge is 2.34. The fraction of sp³-hybridized carbons (Fsp3) is 0.444. The molecule has 3 aromatic heterocycles. The van der Waals surface area contributed by atoms with Crippen molar-refractivity contribution < 1.29 is 0 Å². The summed E-state index contributed by atoms with van der Waals surface area (Å²) in [5.41, 5.74) is 10.4. The number of hydrogen-bond donors (Lipinski definition) is 2. The first kappa shape index (κ1) is 13.3. The van der Waals surface area contributed by atoms with E-state index < -0.39 is 0 Å². The van der Waals surface area contributed by atoms with E-state index in [1.54, 1.807) is 0 Å². The number of nitrogens with two attached hydrogens (primary N) is 1. The molecule has 23 heavy (non-hydrogen) atoms. The molecule has 5 rings (SSSR count). The number of aromatic nitrogens is 4.